The highest BCUT2D eigenvalue weighted by Gasteiger charge is 2.28. The van der Waals surface area contributed by atoms with E-state index >= 15 is 0 Å². The van der Waals surface area contributed by atoms with Crippen LogP contribution in [0, 0.1) is 0 Å². The van der Waals surface area contributed by atoms with Gasteiger partial charge in [0.25, 0.3) is 0 Å². The fourth-order valence-corrected chi connectivity index (χ4v) is 1.85. The van der Waals surface area contributed by atoms with E-state index in [1.165, 1.54) is 47.6 Å². The average Bonchev–Trinajstić information content (AvgIpc) is 2.83. The standard InChI is InChI=1S/C11H8F3N3OS/c12-11(13,14)19-9-3-1-8(2-4-9)16-10(18)17-6-5-15-7-17/h1-7H,(H,16,18). The first-order chi connectivity index (χ1) is 8.94. The first kappa shape index (κ1) is 13.5. The van der Waals surface area contributed by atoms with E-state index in [9.17, 15) is 18.0 Å². The molecule has 0 unspecified atom stereocenters. The topological polar surface area (TPSA) is 46.9 Å². The van der Waals surface area contributed by atoms with Gasteiger partial charge in [-0.25, -0.2) is 9.78 Å². The van der Waals surface area contributed by atoms with Crippen molar-refractivity contribution in [2.24, 2.45) is 0 Å². The molecule has 8 heteroatoms. The Morgan fingerprint density at radius 3 is 2.47 bits per heavy atom. The number of rotatable bonds is 2. The number of nitrogens with zero attached hydrogens (tertiary/aromatic N) is 2. The van der Waals surface area contributed by atoms with E-state index in [4.69, 9.17) is 0 Å². The highest BCUT2D eigenvalue weighted by molar-refractivity contribution is 8.00. The van der Waals surface area contributed by atoms with Gasteiger partial charge in [0, 0.05) is 23.0 Å². The number of imidazole rings is 1. The molecule has 1 N–H and O–H groups in total. The van der Waals surface area contributed by atoms with Crippen molar-refractivity contribution in [1.82, 2.24) is 9.55 Å². The monoisotopic (exact) mass is 287 g/mol. The molecule has 1 aromatic carbocycles. The lowest BCUT2D eigenvalue weighted by Crippen LogP contribution is -2.17. The fraction of sp³-hybridized carbons (Fsp3) is 0.0909. The molecule has 1 heterocycles. The van der Waals surface area contributed by atoms with Gasteiger partial charge < -0.3 is 5.32 Å². The average molecular weight is 287 g/mol. The minimum Gasteiger partial charge on any atom is -0.307 e. The summed E-state index contributed by atoms with van der Waals surface area (Å²) >= 11 is -0.202. The third kappa shape index (κ3) is 4.02. The maximum absolute atomic E-state index is 12.1. The highest BCUT2D eigenvalue weighted by atomic mass is 32.2. The van der Waals surface area contributed by atoms with E-state index in [1.54, 1.807) is 0 Å². The number of anilines is 1. The Bertz CT molecular complexity index is 552. The number of hydrogen-bond acceptors (Lipinski definition) is 3. The Labute approximate surface area is 110 Å². The van der Waals surface area contributed by atoms with E-state index in [2.05, 4.69) is 10.3 Å². The van der Waals surface area contributed by atoms with E-state index in [1.807, 2.05) is 0 Å². The zero-order valence-electron chi connectivity index (χ0n) is 9.39. The van der Waals surface area contributed by atoms with Crippen molar-refractivity contribution in [2.75, 3.05) is 5.32 Å². The molecule has 0 atom stereocenters. The van der Waals surface area contributed by atoms with Crippen LogP contribution in [-0.4, -0.2) is 21.1 Å². The van der Waals surface area contributed by atoms with Gasteiger partial charge in [0.05, 0.1) is 0 Å². The molecule has 0 spiro atoms. The first-order valence-electron chi connectivity index (χ1n) is 5.09. The van der Waals surface area contributed by atoms with Gasteiger partial charge in [0.2, 0.25) is 0 Å². The quantitative estimate of drug-likeness (QED) is 0.859. The molecule has 2 rings (SSSR count). The number of nitrogens with one attached hydrogen (secondary N) is 1. The van der Waals surface area contributed by atoms with E-state index in [0.29, 0.717) is 5.69 Å². The lowest BCUT2D eigenvalue weighted by Gasteiger charge is -2.08. The third-order valence-corrected chi connectivity index (χ3v) is 2.82. The zero-order chi connectivity index (χ0) is 13.9. The van der Waals surface area contributed by atoms with Gasteiger partial charge >= 0.3 is 11.5 Å². The van der Waals surface area contributed by atoms with Crippen LogP contribution in [0.25, 0.3) is 0 Å². The molecule has 0 bridgehead atoms. The molecule has 0 radical (unpaired) electrons. The minimum absolute atomic E-state index is 0.0631. The maximum Gasteiger partial charge on any atom is 0.446 e. The molecule has 0 saturated carbocycles. The summed E-state index contributed by atoms with van der Waals surface area (Å²) < 4.78 is 37.6. The van der Waals surface area contributed by atoms with Crippen LogP contribution in [0.4, 0.5) is 23.7 Å². The third-order valence-electron chi connectivity index (χ3n) is 2.08. The second-order valence-corrected chi connectivity index (χ2v) is 4.61. The Kier molecular flexibility index (Phi) is 3.79. The van der Waals surface area contributed by atoms with Crippen LogP contribution < -0.4 is 5.32 Å². The number of carbonyl (C=O) groups excluding carboxylic acids is 1. The molecule has 0 saturated heterocycles. The summed E-state index contributed by atoms with van der Waals surface area (Å²) in [7, 11) is 0. The Balaban J connectivity index is 2.01. The maximum atomic E-state index is 12.1. The summed E-state index contributed by atoms with van der Waals surface area (Å²) in [5, 5.41) is 2.53. The van der Waals surface area contributed by atoms with Crippen LogP contribution in [0.3, 0.4) is 0 Å². The largest absolute Gasteiger partial charge is 0.446 e. The number of amides is 1. The van der Waals surface area contributed by atoms with Crippen LogP contribution in [0.2, 0.25) is 0 Å². The van der Waals surface area contributed by atoms with Gasteiger partial charge in [-0.3, -0.25) is 4.57 Å². The summed E-state index contributed by atoms with van der Waals surface area (Å²) in [5.41, 5.74) is -3.91. The van der Waals surface area contributed by atoms with Crippen LogP contribution in [0.15, 0.2) is 47.9 Å². The highest BCUT2D eigenvalue weighted by Crippen LogP contribution is 2.36. The molecule has 0 aliphatic carbocycles. The molecule has 1 amide bonds. The number of aromatic nitrogens is 2. The van der Waals surface area contributed by atoms with Crippen LogP contribution in [0.1, 0.15) is 0 Å². The van der Waals surface area contributed by atoms with Crippen molar-refractivity contribution < 1.29 is 18.0 Å². The van der Waals surface area contributed by atoms with Crippen molar-refractivity contribution in [2.45, 2.75) is 10.4 Å². The Hall–Kier alpha value is -1.96. The predicted molar refractivity (Wildman–Crippen MR) is 65.0 cm³/mol. The molecule has 4 nitrogen and oxygen atoms in total. The smallest absolute Gasteiger partial charge is 0.307 e. The van der Waals surface area contributed by atoms with E-state index in [0.717, 1.165) is 0 Å². The second kappa shape index (κ2) is 5.35. The normalized spacial score (nSPS) is 11.3. The summed E-state index contributed by atoms with van der Waals surface area (Å²) in [6.07, 6.45) is 4.23. The number of halogens is 3. The zero-order valence-corrected chi connectivity index (χ0v) is 10.2. The van der Waals surface area contributed by atoms with Crippen molar-refractivity contribution in [3.63, 3.8) is 0 Å². The molecular formula is C11H8F3N3OS. The number of thioether (sulfide) groups is 1. The van der Waals surface area contributed by atoms with E-state index in [-0.39, 0.29) is 16.7 Å². The Morgan fingerprint density at radius 1 is 1.26 bits per heavy atom. The van der Waals surface area contributed by atoms with Crippen LogP contribution in [0.5, 0.6) is 0 Å². The van der Waals surface area contributed by atoms with Crippen molar-refractivity contribution >= 4 is 23.5 Å². The molecule has 1 aromatic heterocycles. The molecule has 0 fully saturated rings. The van der Waals surface area contributed by atoms with Gasteiger partial charge in [-0.1, -0.05) is 0 Å². The molecule has 2 aromatic rings. The molecular weight excluding hydrogens is 279 g/mol. The fourth-order valence-electron chi connectivity index (χ4n) is 1.31. The van der Waals surface area contributed by atoms with Gasteiger partial charge in [-0.2, -0.15) is 13.2 Å². The van der Waals surface area contributed by atoms with Gasteiger partial charge in [0.15, 0.2) is 0 Å². The number of benzene rings is 1. The summed E-state index contributed by atoms with van der Waals surface area (Å²) in [6.45, 7) is 0. The van der Waals surface area contributed by atoms with Gasteiger partial charge in [-0.05, 0) is 36.0 Å². The molecule has 100 valence electrons. The van der Waals surface area contributed by atoms with Gasteiger partial charge in [-0.15, -0.1) is 0 Å². The number of hydrogen-bond donors (Lipinski definition) is 1. The number of carbonyl (C=O) groups is 1. The van der Waals surface area contributed by atoms with Crippen LogP contribution in [-0.2, 0) is 0 Å². The molecule has 0 aliphatic heterocycles. The van der Waals surface area contributed by atoms with Crippen molar-refractivity contribution in [1.29, 1.82) is 0 Å². The molecule has 0 aliphatic rings. The van der Waals surface area contributed by atoms with Gasteiger partial charge in [0.1, 0.15) is 6.33 Å². The SMILES string of the molecule is O=C(Nc1ccc(SC(F)(F)F)cc1)n1ccnc1. The van der Waals surface area contributed by atoms with E-state index < -0.39 is 11.5 Å². The summed E-state index contributed by atoms with van der Waals surface area (Å²) in [5.74, 6) is 0. The van der Waals surface area contributed by atoms with Crippen molar-refractivity contribution in [3.8, 4) is 0 Å². The lowest BCUT2D eigenvalue weighted by molar-refractivity contribution is -0.0328. The summed E-state index contributed by atoms with van der Waals surface area (Å²) in [6, 6.07) is 4.96. The first-order valence-corrected chi connectivity index (χ1v) is 5.91. The number of alkyl halides is 3. The van der Waals surface area contributed by atoms with Crippen LogP contribution >= 0.6 is 11.8 Å². The Morgan fingerprint density at radius 2 is 1.95 bits per heavy atom. The van der Waals surface area contributed by atoms with Crippen molar-refractivity contribution in [3.05, 3.63) is 43.0 Å². The lowest BCUT2D eigenvalue weighted by atomic mass is 10.3. The molecule has 19 heavy (non-hydrogen) atoms. The minimum atomic E-state index is -4.32. The second-order valence-electron chi connectivity index (χ2n) is 3.47. The summed E-state index contributed by atoms with van der Waals surface area (Å²) in [4.78, 5) is 15.4. The predicted octanol–water partition coefficient (Wildman–Crippen LogP) is 3.58.